The number of allylic oxidation sites excluding steroid dienone is 2. The number of benzene rings is 1. The Morgan fingerprint density at radius 1 is 1.00 bits per heavy atom. The van der Waals surface area contributed by atoms with E-state index in [1.165, 1.54) is 6.42 Å². The lowest BCUT2D eigenvalue weighted by atomic mass is 9.63. The topological polar surface area (TPSA) is 49.7 Å². The molecule has 1 heterocycles. The number of imide groups is 1. The lowest BCUT2D eigenvalue weighted by Crippen LogP contribution is -2.40. The molecule has 3 fully saturated rings. The zero-order valence-corrected chi connectivity index (χ0v) is 13.9. The number of hydrogen-bond donors (Lipinski definition) is 0. The zero-order valence-electron chi connectivity index (χ0n) is 12.3. The summed E-state index contributed by atoms with van der Waals surface area (Å²) in [5, 5.41) is 5.33. The fourth-order valence-corrected chi connectivity index (χ4v) is 4.99. The average Bonchev–Trinajstić information content (AvgIpc) is 3.33. The van der Waals surface area contributed by atoms with Crippen LogP contribution in [0.25, 0.3) is 0 Å². The van der Waals surface area contributed by atoms with Gasteiger partial charge in [-0.25, -0.2) is 0 Å². The van der Waals surface area contributed by atoms with E-state index in [0.717, 1.165) is 15.0 Å². The van der Waals surface area contributed by atoms with Crippen molar-refractivity contribution in [1.29, 1.82) is 0 Å². The molecule has 2 amide bonds. The highest BCUT2D eigenvalue weighted by atomic mass is 79.9. The van der Waals surface area contributed by atoms with E-state index in [1.54, 1.807) is 6.21 Å². The third-order valence-electron chi connectivity index (χ3n) is 5.83. The van der Waals surface area contributed by atoms with E-state index < -0.39 is 0 Å². The van der Waals surface area contributed by atoms with Gasteiger partial charge in [0.1, 0.15) is 0 Å². The van der Waals surface area contributed by atoms with Crippen LogP contribution in [-0.4, -0.2) is 23.0 Å². The molecule has 0 spiro atoms. The summed E-state index contributed by atoms with van der Waals surface area (Å²) >= 11 is 3.38. The number of hydrazone groups is 1. The van der Waals surface area contributed by atoms with Gasteiger partial charge in [-0.1, -0.05) is 40.2 Å². The highest BCUT2D eigenvalue weighted by Gasteiger charge is 2.67. The van der Waals surface area contributed by atoms with Gasteiger partial charge < -0.3 is 0 Å². The first kappa shape index (κ1) is 13.7. The molecular weight excluding hydrogens is 356 g/mol. The number of nitrogens with zero attached hydrogens (tertiary/aromatic N) is 2. The second-order valence-electron chi connectivity index (χ2n) is 6.94. The largest absolute Gasteiger partial charge is 0.272 e. The average molecular weight is 371 g/mol. The summed E-state index contributed by atoms with van der Waals surface area (Å²) in [6, 6.07) is 7.61. The highest BCUT2D eigenvalue weighted by Crippen LogP contribution is 2.65. The number of hydrogen-bond acceptors (Lipinski definition) is 3. The van der Waals surface area contributed by atoms with E-state index >= 15 is 0 Å². The van der Waals surface area contributed by atoms with Gasteiger partial charge in [0.2, 0.25) is 0 Å². The van der Waals surface area contributed by atoms with E-state index in [0.29, 0.717) is 11.8 Å². The van der Waals surface area contributed by atoms with Gasteiger partial charge in [-0.3, -0.25) is 9.59 Å². The minimum absolute atomic E-state index is 0.113. The Labute approximate surface area is 142 Å². The molecule has 6 rings (SSSR count). The summed E-state index contributed by atoms with van der Waals surface area (Å²) in [7, 11) is 0. The van der Waals surface area contributed by atoms with Crippen molar-refractivity contribution in [3.05, 3.63) is 46.5 Å². The van der Waals surface area contributed by atoms with Crippen molar-refractivity contribution in [2.45, 2.75) is 6.42 Å². The standard InChI is InChI=1S/C18H15BrN2O2/c19-10-3-1-9(2-4-10)8-20-21-17(22)15-11-5-6-12(14-7-13(11)14)16(15)18(21)23/h1-6,8,11-16H,7H2/b20-8-/t11-,12-,13-,14+,15+,16+/m0/s1. The molecule has 0 aromatic heterocycles. The Kier molecular flexibility index (Phi) is 2.75. The van der Waals surface area contributed by atoms with E-state index in [4.69, 9.17) is 0 Å². The molecule has 23 heavy (non-hydrogen) atoms. The van der Waals surface area contributed by atoms with Crippen LogP contribution in [0.2, 0.25) is 0 Å². The van der Waals surface area contributed by atoms with Gasteiger partial charge in [0.25, 0.3) is 11.8 Å². The van der Waals surface area contributed by atoms with Gasteiger partial charge in [-0.2, -0.15) is 10.1 Å². The van der Waals surface area contributed by atoms with Crippen LogP contribution in [-0.2, 0) is 9.59 Å². The van der Waals surface area contributed by atoms with E-state index in [9.17, 15) is 9.59 Å². The number of rotatable bonds is 2. The fourth-order valence-electron chi connectivity index (χ4n) is 4.73. The summed E-state index contributed by atoms with van der Waals surface area (Å²) in [6.45, 7) is 0. The van der Waals surface area contributed by atoms with Crippen LogP contribution in [0.15, 0.2) is 46.0 Å². The normalized spacial score (nSPS) is 40.0. The van der Waals surface area contributed by atoms with Crippen molar-refractivity contribution in [3.8, 4) is 0 Å². The lowest BCUT2D eigenvalue weighted by Gasteiger charge is -2.37. The second kappa shape index (κ2) is 4.63. The molecule has 0 N–H and O–H groups in total. The summed E-state index contributed by atoms with van der Waals surface area (Å²) in [5.74, 6) is 1.17. The van der Waals surface area contributed by atoms with Gasteiger partial charge >= 0.3 is 0 Å². The monoisotopic (exact) mass is 370 g/mol. The summed E-state index contributed by atoms with van der Waals surface area (Å²) in [6.07, 6.45) is 7.12. The van der Waals surface area contributed by atoms with Crippen molar-refractivity contribution in [3.63, 3.8) is 0 Å². The van der Waals surface area contributed by atoms with Gasteiger partial charge in [0.05, 0.1) is 18.1 Å². The molecule has 5 aliphatic rings. The summed E-state index contributed by atoms with van der Waals surface area (Å²) in [4.78, 5) is 25.5. The molecule has 4 aliphatic carbocycles. The molecule has 6 atom stereocenters. The lowest BCUT2D eigenvalue weighted by molar-refractivity contribution is -0.140. The molecule has 1 saturated heterocycles. The fraction of sp³-hybridized carbons (Fsp3) is 0.389. The third-order valence-corrected chi connectivity index (χ3v) is 6.36. The van der Waals surface area contributed by atoms with E-state index in [2.05, 4.69) is 33.2 Å². The first-order valence-corrected chi connectivity index (χ1v) is 8.80. The Morgan fingerprint density at radius 3 is 2.13 bits per heavy atom. The minimum Gasteiger partial charge on any atom is -0.272 e. The summed E-state index contributed by atoms with van der Waals surface area (Å²) in [5.41, 5.74) is 0.868. The first-order valence-electron chi connectivity index (χ1n) is 8.01. The van der Waals surface area contributed by atoms with Crippen LogP contribution >= 0.6 is 15.9 Å². The molecule has 1 aromatic carbocycles. The molecule has 116 valence electrons. The number of carbonyl (C=O) groups is 2. The van der Waals surface area contributed by atoms with Gasteiger partial charge in [0.15, 0.2) is 0 Å². The Balaban J connectivity index is 1.44. The van der Waals surface area contributed by atoms with Crippen LogP contribution in [0.5, 0.6) is 0 Å². The molecule has 1 aliphatic heterocycles. The quantitative estimate of drug-likeness (QED) is 0.456. The van der Waals surface area contributed by atoms with Crippen LogP contribution in [0.3, 0.4) is 0 Å². The zero-order chi connectivity index (χ0) is 15.7. The van der Waals surface area contributed by atoms with Crippen molar-refractivity contribution in [2.75, 3.05) is 0 Å². The number of halogens is 1. The molecule has 1 aromatic rings. The van der Waals surface area contributed by atoms with Crippen LogP contribution < -0.4 is 0 Å². The molecule has 2 saturated carbocycles. The predicted octanol–water partition coefficient (Wildman–Crippen LogP) is 2.84. The third kappa shape index (κ3) is 1.86. The van der Waals surface area contributed by atoms with Crippen molar-refractivity contribution >= 4 is 34.0 Å². The van der Waals surface area contributed by atoms with E-state index in [-0.39, 0.29) is 35.5 Å². The number of amides is 2. The minimum atomic E-state index is -0.177. The summed E-state index contributed by atoms with van der Waals surface area (Å²) < 4.78 is 0.982. The highest BCUT2D eigenvalue weighted by molar-refractivity contribution is 9.10. The molecular formula is C18H15BrN2O2. The maximum atomic E-state index is 12.7. The smallest absolute Gasteiger partial charge is 0.254 e. The molecule has 5 heteroatoms. The van der Waals surface area contributed by atoms with Crippen molar-refractivity contribution in [1.82, 2.24) is 5.01 Å². The Hall–Kier alpha value is -1.75. The maximum absolute atomic E-state index is 12.7. The van der Waals surface area contributed by atoms with Crippen LogP contribution in [0.1, 0.15) is 12.0 Å². The predicted molar refractivity (Wildman–Crippen MR) is 88.3 cm³/mol. The van der Waals surface area contributed by atoms with Crippen LogP contribution in [0, 0.1) is 35.5 Å². The second-order valence-corrected chi connectivity index (χ2v) is 7.85. The number of carbonyl (C=O) groups excluding carboxylic acids is 2. The molecule has 0 radical (unpaired) electrons. The first-order chi connectivity index (χ1) is 11.1. The SMILES string of the molecule is O=C1[C@@H]2[C@H]3C=C[C@@H]([C@@H]4C[C@H]34)[C@H]2C(=O)N1/N=C\c1ccc(Br)cc1. The van der Waals surface area contributed by atoms with Gasteiger partial charge in [-0.15, -0.1) is 0 Å². The van der Waals surface area contributed by atoms with E-state index in [1.807, 2.05) is 24.3 Å². The van der Waals surface area contributed by atoms with Crippen molar-refractivity contribution < 1.29 is 9.59 Å². The Bertz CT molecular complexity index is 734. The molecule has 2 bridgehead atoms. The van der Waals surface area contributed by atoms with Gasteiger partial charge in [0, 0.05) is 4.47 Å². The van der Waals surface area contributed by atoms with Crippen molar-refractivity contribution in [2.24, 2.45) is 40.6 Å². The van der Waals surface area contributed by atoms with Gasteiger partial charge in [-0.05, 0) is 47.8 Å². The molecule has 0 unspecified atom stereocenters. The Morgan fingerprint density at radius 2 is 1.57 bits per heavy atom. The molecule has 4 nitrogen and oxygen atoms in total. The van der Waals surface area contributed by atoms with Crippen LogP contribution in [0.4, 0.5) is 0 Å². The maximum Gasteiger partial charge on any atom is 0.254 e.